The number of carbonyl (C=O) groups is 1. The van der Waals surface area contributed by atoms with Crippen LogP contribution in [-0.4, -0.2) is 45.4 Å². The Morgan fingerprint density at radius 3 is 2.68 bits per heavy atom. The first-order valence-corrected chi connectivity index (χ1v) is 8.71. The molecular formula is C18H22ClN2O4+. The average Bonchev–Trinajstić information content (AvgIpc) is 3.17. The number of carbonyl (C=O) groups excluding carboxylic acids is 1. The Hall–Kier alpha value is -2.02. The molecule has 0 radical (unpaired) electrons. The van der Waals surface area contributed by atoms with Gasteiger partial charge in [-0.05, 0) is 36.4 Å². The predicted molar refractivity (Wildman–Crippen MR) is 92.9 cm³/mol. The van der Waals surface area contributed by atoms with E-state index in [1.807, 2.05) is 12.1 Å². The summed E-state index contributed by atoms with van der Waals surface area (Å²) < 4.78 is 16.5. The number of halogens is 1. The maximum atomic E-state index is 12.1. The molecule has 1 amide bonds. The molecule has 1 saturated heterocycles. The van der Waals surface area contributed by atoms with Crippen LogP contribution in [0.2, 0.25) is 5.02 Å². The molecule has 7 heteroatoms. The lowest BCUT2D eigenvalue weighted by Gasteiger charge is -2.30. The van der Waals surface area contributed by atoms with E-state index in [9.17, 15) is 4.79 Å². The molecule has 0 unspecified atom stereocenters. The summed E-state index contributed by atoms with van der Waals surface area (Å²) in [5.74, 6) is 1.32. The van der Waals surface area contributed by atoms with E-state index in [0.29, 0.717) is 17.3 Å². The van der Waals surface area contributed by atoms with Crippen LogP contribution in [0.15, 0.2) is 47.1 Å². The molecule has 2 aromatic rings. The lowest BCUT2D eigenvalue weighted by Crippen LogP contribution is -3.15. The molecule has 1 aliphatic heterocycles. The van der Waals surface area contributed by atoms with Crippen molar-refractivity contribution < 1.29 is 23.6 Å². The molecular weight excluding hydrogens is 344 g/mol. The first-order chi connectivity index (χ1) is 12.2. The van der Waals surface area contributed by atoms with E-state index in [1.54, 1.807) is 30.5 Å². The maximum absolute atomic E-state index is 12.1. The summed E-state index contributed by atoms with van der Waals surface area (Å²) in [7, 11) is 0. The third-order valence-corrected chi connectivity index (χ3v) is 4.45. The predicted octanol–water partition coefficient (Wildman–Crippen LogP) is 1.08. The van der Waals surface area contributed by atoms with Gasteiger partial charge >= 0.3 is 0 Å². The van der Waals surface area contributed by atoms with Crippen molar-refractivity contribution in [1.29, 1.82) is 0 Å². The minimum atomic E-state index is -0.167. The first kappa shape index (κ1) is 17.8. The number of nitrogens with one attached hydrogen (secondary N) is 2. The summed E-state index contributed by atoms with van der Waals surface area (Å²) in [6, 6.07) is 10.8. The lowest BCUT2D eigenvalue weighted by atomic mass is 10.1. The van der Waals surface area contributed by atoms with Crippen molar-refractivity contribution in [1.82, 2.24) is 5.32 Å². The van der Waals surface area contributed by atoms with Gasteiger partial charge in [-0.25, -0.2) is 0 Å². The molecule has 0 bridgehead atoms. The maximum Gasteiger partial charge on any atom is 0.258 e. The van der Waals surface area contributed by atoms with E-state index in [2.05, 4.69) is 5.32 Å². The average molecular weight is 366 g/mol. The number of benzene rings is 1. The van der Waals surface area contributed by atoms with Crippen molar-refractivity contribution >= 4 is 17.5 Å². The van der Waals surface area contributed by atoms with Crippen molar-refractivity contribution in [3.63, 3.8) is 0 Å². The summed E-state index contributed by atoms with van der Waals surface area (Å²) in [5.41, 5.74) is 0. The third-order valence-electron chi connectivity index (χ3n) is 4.20. The minimum Gasteiger partial charge on any atom is -0.484 e. The van der Waals surface area contributed by atoms with Gasteiger partial charge in [-0.15, -0.1) is 0 Å². The second-order valence-electron chi connectivity index (χ2n) is 5.89. The molecule has 1 aliphatic rings. The number of rotatable bonds is 7. The topological polar surface area (TPSA) is 65.1 Å². The summed E-state index contributed by atoms with van der Waals surface area (Å²) >= 11 is 5.83. The van der Waals surface area contributed by atoms with E-state index < -0.39 is 0 Å². The van der Waals surface area contributed by atoms with Crippen LogP contribution in [0.3, 0.4) is 0 Å². The highest BCUT2D eigenvalue weighted by molar-refractivity contribution is 6.30. The van der Waals surface area contributed by atoms with Gasteiger partial charge in [-0.2, -0.15) is 0 Å². The van der Waals surface area contributed by atoms with Crippen LogP contribution in [0.4, 0.5) is 0 Å². The number of ether oxygens (including phenoxy) is 2. The second kappa shape index (κ2) is 8.89. The van der Waals surface area contributed by atoms with Crippen molar-refractivity contribution in [2.75, 3.05) is 39.5 Å². The molecule has 1 aromatic heterocycles. The zero-order valence-corrected chi connectivity index (χ0v) is 14.6. The molecule has 134 valence electrons. The van der Waals surface area contributed by atoms with Gasteiger partial charge < -0.3 is 24.1 Å². The van der Waals surface area contributed by atoms with Crippen LogP contribution in [-0.2, 0) is 9.53 Å². The van der Waals surface area contributed by atoms with E-state index >= 15 is 0 Å². The zero-order valence-electron chi connectivity index (χ0n) is 13.9. The van der Waals surface area contributed by atoms with E-state index in [-0.39, 0.29) is 18.6 Å². The number of quaternary nitrogens is 1. The Balaban J connectivity index is 1.51. The highest BCUT2D eigenvalue weighted by Gasteiger charge is 2.28. The third kappa shape index (κ3) is 5.22. The number of amides is 1. The Labute approximate surface area is 151 Å². The number of hydrogen-bond donors (Lipinski definition) is 2. The van der Waals surface area contributed by atoms with E-state index in [1.165, 1.54) is 4.90 Å². The molecule has 0 aliphatic carbocycles. The standard InChI is InChI=1S/C18H21ClN2O4/c19-14-3-5-15(6-4-14)25-13-18(22)20-12-16(17-2-1-9-24-17)21-7-10-23-11-8-21/h1-6,9,16H,7-8,10-13H2,(H,20,22)/p+1/t16-/m0/s1. The van der Waals surface area contributed by atoms with Gasteiger partial charge in [0.1, 0.15) is 18.8 Å². The highest BCUT2D eigenvalue weighted by atomic mass is 35.5. The molecule has 2 heterocycles. The zero-order chi connectivity index (χ0) is 17.5. The molecule has 6 nitrogen and oxygen atoms in total. The van der Waals surface area contributed by atoms with Crippen LogP contribution in [0.1, 0.15) is 11.8 Å². The number of furan rings is 1. The molecule has 2 N–H and O–H groups in total. The van der Waals surface area contributed by atoms with Gasteiger partial charge in [0.15, 0.2) is 18.4 Å². The number of morpholine rings is 1. The Morgan fingerprint density at radius 2 is 2.00 bits per heavy atom. The fourth-order valence-corrected chi connectivity index (χ4v) is 2.99. The quantitative estimate of drug-likeness (QED) is 0.770. The number of hydrogen-bond acceptors (Lipinski definition) is 4. The second-order valence-corrected chi connectivity index (χ2v) is 6.32. The monoisotopic (exact) mass is 365 g/mol. The van der Waals surface area contributed by atoms with Crippen LogP contribution >= 0.6 is 11.6 Å². The van der Waals surface area contributed by atoms with Crippen LogP contribution in [0, 0.1) is 0 Å². The fourth-order valence-electron chi connectivity index (χ4n) is 2.86. The molecule has 0 spiro atoms. The Kier molecular flexibility index (Phi) is 6.33. The van der Waals surface area contributed by atoms with Crippen molar-refractivity contribution in [2.45, 2.75) is 6.04 Å². The van der Waals surface area contributed by atoms with Gasteiger partial charge in [-0.1, -0.05) is 11.6 Å². The molecule has 0 saturated carbocycles. The van der Waals surface area contributed by atoms with Crippen LogP contribution in [0.5, 0.6) is 5.75 Å². The van der Waals surface area contributed by atoms with Gasteiger partial charge in [0, 0.05) is 5.02 Å². The molecule has 25 heavy (non-hydrogen) atoms. The van der Waals surface area contributed by atoms with Gasteiger partial charge in [0.05, 0.1) is 26.0 Å². The van der Waals surface area contributed by atoms with Crippen molar-refractivity contribution in [3.05, 3.63) is 53.4 Å². The Morgan fingerprint density at radius 1 is 1.24 bits per heavy atom. The smallest absolute Gasteiger partial charge is 0.258 e. The molecule has 1 fully saturated rings. The molecule has 1 atom stereocenters. The SMILES string of the molecule is O=C(COc1ccc(Cl)cc1)NC[C@@H](c1ccco1)[NH+]1CCOCC1. The summed E-state index contributed by atoms with van der Waals surface area (Å²) in [6.07, 6.45) is 1.66. The fraction of sp³-hybridized carbons (Fsp3) is 0.389. The van der Waals surface area contributed by atoms with E-state index in [4.69, 9.17) is 25.5 Å². The van der Waals surface area contributed by atoms with Gasteiger partial charge in [0.25, 0.3) is 5.91 Å². The largest absolute Gasteiger partial charge is 0.484 e. The minimum absolute atomic E-state index is 0.0368. The normalized spacial score (nSPS) is 16.4. The van der Waals surface area contributed by atoms with Gasteiger partial charge in [-0.3, -0.25) is 4.79 Å². The van der Waals surface area contributed by atoms with Crippen molar-refractivity contribution in [3.8, 4) is 5.75 Å². The van der Waals surface area contributed by atoms with E-state index in [0.717, 1.165) is 32.1 Å². The summed E-state index contributed by atoms with van der Waals surface area (Å²) in [4.78, 5) is 13.5. The Bertz CT molecular complexity index is 654. The molecule has 1 aromatic carbocycles. The first-order valence-electron chi connectivity index (χ1n) is 8.33. The van der Waals surface area contributed by atoms with Gasteiger partial charge in [0.2, 0.25) is 0 Å². The summed E-state index contributed by atoms with van der Waals surface area (Å²) in [5, 5.41) is 3.57. The van der Waals surface area contributed by atoms with Crippen LogP contribution < -0.4 is 15.0 Å². The molecule has 3 rings (SSSR count). The summed E-state index contributed by atoms with van der Waals surface area (Å²) in [6.45, 7) is 3.68. The van der Waals surface area contributed by atoms with Crippen LogP contribution in [0.25, 0.3) is 0 Å². The highest BCUT2D eigenvalue weighted by Crippen LogP contribution is 2.15. The van der Waals surface area contributed by atoms with Crippen molar-refractivity contribution in [2.24, 2.45) is 0 Å². The lowest BCUT2D eigenvalue weighted by molar-refractivity contribution is -0.938.